The molecule has 0 fully saturated rings. The fourth-order valence-corrected chi connectivity index (χ4v) is 3.01. The standard InChI is InChI=1S/C21H18N4O/c1-14-5-3-4-6-17(14)19-9-7-15-13-16(8-10-18(15)24-19)23-21(26)20-11-12-22-25(20)2/h3-13H,1-2H3,(H,23,26). The number of aryl methyl sites for hydroxylation is 2. The van der Waals surface area contributed by atoms with Crippen LogP contribution in [0.2, 0.25) is 0 Å². The van der Waals surface area contributed by atoms with E-state index in [2.05, 4.69) is 29.5 Å². The van der Waals surface area contributed by atoms with Crippen molar-refractivity contribution in [3.8, 4) is 11.3 Å². The molecule has 4 rings (SSSR count). The number of hydrogen-bond donors (Lipinski definition) is 1. The van der Waals surface area contributed by atoms with Gasteiger partial charge in [-0.1, -0.05) is 30.3 Å². The monoisotopic (exact) mass is 342 g/mol. The SMILES string of the molecule is Cc1ccccc1-c1ccc2cc(NC(=O)c3ccnn3C)ccc2n1. The third-order valence-electron chi connectivity index (χ3n) is 4.42. The summed E-state index contributed by atoms with van der Waals surface area (Å²) in [6, 6.07) is 19.7. The molecule has 4 aromatic rings. The van der Waals surface area contributed by atoms with Gasteiger partial charge < -0.3 is 5.32 Å². The van der Waals surface area contributed by atoms with Gasteiger partial charge in [0.05, 0.1) is 11.2 Å². The fourth-order valence-electron chi connectivity index (χ4n) is 3.01. The molecule has 0 atom stereocenters. The van der Waals surface area contributed by atoms with Crippen molar-refractivity contribution in [2.24, 2.45) is 7.05 Å². The summed E-state index contributed by atoms with van der Waals surface area (Å²) in [5.41, 5.74) is 5.40. The van der Waals surface area contributed by atoms with Crippen LogP contribution in [0, 0.1) is 6.92 Å². The van der Waals surface area contributed by atoms with Gasteiger partial charge in [0.2, 0.25) is 0 Å². The van der Waals surface area contributed by atoms with E-state index in [9.17, 15) is 4.79 Å². The Bertz CT molecular complexity index is 1110. The molecule has 26 heavy (non-hydrogen) atoms. The predicted molar refractivity (Wildman–Crippen MR) is 103 cm³/mol. The zero-order chi connectivity index (χ0) is 18.1. The van der Waals surface area contributed by atoms with Crippen LogP contribution in [0.15, 0.2) is 66.9 Å². The lowest BCUT2D eigenvalue weighted by molar-refractivity contribution is 0.101. The predicted octanol–water partition coefficient (Wildman–Crippen LogP) is 4.20. The number of hydrogen-bond acceptors (Lipinski definition) is 3. The molecule has 2 heterocycles. The van der Waals surface area contributed by atoms with Gasteiger partial charge in [0.1, 0.15) is 5.69 Å². The Balaban J connectivity index is 1.64. The number of nitrogens with one attached hydrogen (secondary N) is 1. The van der Waals surface area contributed by atoms with Crippen LogP contribution in [0.4, 0.5) is 5.69 Å². The average Bonchev–Trinajstić information content (AvgIpc) is 3.08. The molecule has 0 saturated heterocycles. The average molecular weight is 342 g/mol. The Hall–Kier alpha value is -3.47. The molecule has 0 unspecified atom stereocenters. The van der Waals surface area contributed by atoms with Gasteiger partial charge in [0, 0.05) is 29.9 Å². The lowest BCUT2D eigenvalue weighted by atomic mass is 10.0. The molecule has 0 aliphatic carbocycles. The number of carbonyl (C=O) groups is 1. The van der Waals surface area contributed by atoms with Crippen molar-refractivity contribution < 1.29 is 4.79 Å². The summed E-state index contributed by atoms with van der Waals surface area (Å²) in [4.78, 5) is 17.1. The number of benzene rings is 2. The summed E-state index contributed by atoms with van der Waals surface area (Å²) < 4.78 is 1.55. The third kappa shape index (κ3) is 2.95. The van der Waals surface area contributed by atoms with Gasteiger partial charge in [-0.25, -0.2) is 4.98 Å². The molecule has 0 spiro atoms. The highest BCUT2D eigenvalue weighted by Crippen LogP contribution is 2.25. The minimum Gasteiger partial charge on any atom is -0.321 e. The maximum atomic E-state index is 12.3. The van der Waals surface area contributed by atoms with E-state index in [-0.39, 0.29) is 5.91 Å². The lowest BCUT2D eigenvalue weighted by Crippen LogP contribution is -2.16. The van der Waals surface area contributed by atoms with E-state index in [1.807, 2.05) is 42.5 Å². The highest BCUT2D eigenvalue weighted by atomic mass is 16.2. The van der Waals surface area contributed by atoms with Crippen LogP contribution < -0.4 is 5.32 Å². The fraction of sp³-hybridized carbons (Fsp3) is 0.0952. The number of carbonyl (C=O) groups excluding carboxylic acids is 1. The smallest absolute Gasteiger partial charge is 0.273 e. The van der Waals surface area contributed by atoms with Gasteiger partial charge in [-0.2, -0.15) is 5.10 Å². The molecule has 0 bridgehead atoms. The molecular weight excluding hydrogens is 324 g/mol. The number of anilines is 1. The third-order valence-corrected chi connectivity index (χ3v) is 4.42. The summed E-state index contributed by atoms with van der Waals surface area (Å²) in [6.07, 6.45) is 1.60. The van der Waals surface area contributed by atoms with Gasteiger partial charge in [0.25, 0.3) is 5.91 Å². The van der Waals surface area contributed by atoms with Crippen molar-refractivity contribution in [3.63, 3.8) is 0 Å². The molecule has 128 valence electrons. The van der Waals surface area contributed by atoms with E-state index in [1.165, 1.54) is 5.56 Å². The normalized spacial score (nSPS) is 10.8. The van der Waals surface area contributed by atoms with E-state index >= 15 is 0 Å². The first-order valence-electron chi connectivity index (χ1n) is 8.38. The van der Waals surface area contributed by atoms with Gasteiger partial charge >= 0.3 is 0 Å². The first-order valence-corrected chi connectivity index (χ1v) is 8.38. The van der Waals surface area contributed by atoms with E-state index in [0.29, 0.717) is 5.69 Å². The number of rotatable bonds is 3. The zero-order valence-corrected chi connectivity index (χ0v) is 14.6. The van der Waals surface area contributed by atoms with Crippen LogP contribution in [0.3, 0.4) is 0 Å². The van der Waals surface area contributed by atoms with E-state index in [0.717, 1.165) is 27.8 Å². The van der Waals surface area contributed by atoms with Gasteiger partial charge in [-0.05, 0) is 42.8 Å². The second-order valence-corrected chi connectivity index (χ2v) is 6.21. The topological polar surface area (TPSA) is 59.8 Å². The number of fused-ring (bicyclic) bond motifs is 1. The Morgan fingerprint density at radius 1 is 1.04 bits per heavy atom. The molecule has 0 radical (unpaired) electrons. The summed E-state index contributed by atoms with van der Waals surface area (Å²) in [5.74, 6) is -0.186. The van der Waals surface area contributed by atoms with Crippen LogP contribution >= 0.6 is 0 Å². The van der Waals surface area contributed by atoms with Gasteiger partial charge in [-0.3, -0.25) is 9.48 Å². The van der Waals surface area contributed by atoms with E-state index in [4.69, 9.17) is 4.98 Å². The molecule has 2 aromatic heterocycles. The Labute approximate surface area is 151 Å². The Morgan fingerprint density at radius 2 is 1.88 bits per heavy atom. The van der Waals surface area contributed by atoms with Crippen molar-refractivity contribution >= 4 is 22.5 Å². The Morgan fingerprint density at radius 3 is 2.65 bits per heavy atom. The lowest BCUT2D eigenvalue weighted by Gasteiger charge is -2.09. The highest BCUT2D eigenvalue weighted by molar-refractivity contribution is 6.04. The summed E-state index contributed by atoms with van der Waals surface area (Å²) >= 11 is 0. The van der Waals surface area contributed by atoms with E-state index in [1.54, 1.807) is 24.0 Å². The number of nitrogens with zero attached hydrogens (tertiary/aromatic N) is 3. The van der Waals surface area contributed by atoms with Crippen LogP contribution in [0.1, 0.15) is 16.1 Å². The number of aromatic nitrogens is 3. The number of amides is 1. The Kier molecular flexibility index (Phi) is 3.97. The molecule has 5 heteroatoms. The molecule has 0 aliphatic heterocycles. The quantitative estimate of drug-likeness (QED) is 0.607. The molecule has 1 amide bonds. The van der Waals surface area contributed by atoms with Crippen molar-refractivity contribution in [1.29, 1.82) is 0 Å². The first kappa shape index (κ1) is 16.0. The first-order chi connectivity index (χ1) is 12.6. The molecular formula is C21H18N4O. The van der Waals surface area contributed by atoms with Crippen LogP contribution in [-0.2, 0) is 7.05 Å². The van der Waals surface area contributed by atoms with E-state index < -0.39 is 0 Å². The van der Waals surface area contributed by atoms with Crippen molar-refractivity contribution in [1.82, 2.24) is 14.8 Å². The summed E-state index contributed by atoms with van der Waals surface area (Å²) in [7, 11) is 1.74. The summed E-state index contributed by atoms with van der Waals surface area (Å²) in [6.45, 7) is 2.08. The summed E-state index contributed by atoms with van der Waals surface area (Å²) in [5, 5.41) is 7.90. The second kappa shape index (κ2) is 6.44. The maximum Gasteiger partial charge on any atom is 0.273 e. The van der Waals surface area contributed by atoms with Crippen LogP contribution in [0.5, 0.6) is 0 Å². The van der Waals surface area contributed by atoms with Crippen molar-refractivity contribution in [2.75, 3.05) is 5.32 Å². The minimum atomic E-state index is -0.186. The van der Waals surface area contributed by atoms with Gasteiger partial charge in [-0.15, -0.1) is 0 Å². The molecule has 2 aromatic carbocycles. The van der Waals surface area contributed by atoms with Crippen molar-refractivity contribution in [3.05, 3.63) is 78.1 Å². The molecule has 0 aliphatic rings. The molecule has 1 N–H and O–H groups in total. The van der Waals surface area contributed by atoms with Gasteiger partial charge in [0.15, 0.2) is 0 Å². The molecule has 5 nitrogen and oxygen atoms in total. The minimum absolute atomic E-state index is 0.186. The van der Waals surface area contributed by atoms with Crippen LogP contribution in [-0.4, -0.2) is 20.7 Å². The zero-order valence-electron chi connectivity index (χ0n) is 14.6. The van der Waals surface area contributed by atoms with Crippen molar-refractivity contribution in [2.45, 2.75) is 6.92 Å². The largest absolute Gasteiger partial charge is 0.321 e. The second-order valence-electron chi connectivity index (χ2n) is 6.21. The highest BCUT2D eigenvalue weighted by Gasteiger charge is 2.11. The number of pyridine rings is 1. The maximum absolute atomic E-state index is 12.3. The molecule has 0 saturated carbocycles. The van der Waals surface area contributed by atoms with Crippen LogP contribution in [0.25, 0.3) is 22.2 Å².